The Morgan fingerprint density at radius 2 is 2.15 bits per heavy atom. The summed E-state index contributed by atoms with van der Waals surface area (Å²) < 4.78 is 7.14. The van der Waals surface area contributed by atoms with Crippen molar-refractivity contribution in [2.24, 2.45) is 0 Å². The van der Waals surface area contributed by atoms with Crippen LogP contribution in [0.3, 0.4) is 0 Å². The molecule has 0 bridgehead atoms. The normalized spacial score (nSPS) is 11.2. The Hall–Kier alpha value is -2.80. The molecule has 7 heteroatoms. The summed E-state index contributed by atoms with van der Waals surface area (Å²) in [5.41, 5.74) is 2.99. The molecular weight excluding hydrogens is 330 g/mol. The summed E-state index contributed by atoms with van der Waals surface area (Å²) >= 11 is 0. The quantitative estimate of drug-likeness (QED) is 0.653. The fourth-order valence-corrected chi connectivity index (χ4v) is 2.76. The topological polar surface area (TPSA) is 73.1 Å². The van der Waals surface area contributed by atoms with Gasteiger partial charge >= 0.3 is 0 Å². The number of hydrogen-bond acceptors (Lipinski definition) is 5. The van der Waals surface area contributed by atoms with Gasteiger partial charge in [0.25, 0.3) is 5.91 Å². The minimum Gasteiger partial charge on any atom is -0.383 e. The molecule has 26 heavy (non-hydrogen) atoms. The lowest BCUT2D eigenvalue weighted by Gasteiger charge is -2.22. The molecule has 0 saturated carbocycles. The van der Waals surface area contributed by atoms with E-state index in [1.165, 1.54) is 0 Å². The smallest absolute Gasteiger partial charge is 0.255 e. The molecule has 0 atom stereocenters. The number of aromatic nitrogens is 4. The zero-order chi connectivity index (χ0) is 18.5. The van der Waals surface area contributed by atoms with E-state index in [0.29, 0.717) is 25.3 Å². The fraction of sp³-hybridized carbons (Fsp3) is 0.368. The zero-order valence-corrected chi connectivity index (χ0v) is 15.3. The first-order valence-corrected chi connectivity index (χ1v) is 8.60. The molecular formula is C19H23N5O2. The lowest BCUT2D eigenvalue weighted by atomic mass is 10.2. The maximum atomic E-state index is 13.0. The number of methoxy groups -OCH3 is 1. The monoisotopic (exact) mass is 353 g/mol. The van der Waals surface area contributed by atoms with Crippen molar-refractivity contribution < 1.29 is 9.53 Å². The number of hydrogen-bond donors (Lipinski definition) is 0. The van der Waals surface area contributed by atoms with Gasteiger partial charge in [0.05, 0.1) is 18.5 Å². The van der Waals surface area contributed by atoms with Gasteiger partial charge in [-0.1, -0.05) is 6.07 Å². The molecule has 136 valence electrons. The van der Waals surface area contributed by atoms with Crippen LogP contribution in [0.15, 0.2) is 43.1 Å². The van der Waals surface area contributed by atoms with Crippen LogP contribution >= 0.6 is 0 Å². The van der Waals surface area contributed by atoms with Gasteiger partial charge < -0.3 is 14.2 Å². The third-order valence-corrected chi connectivity index (χ3v) is 4.17. The number of pyridine rings is 2. The lowest BCUT2D eigenvalue weighted by molar-refractivity contribution is 0.0680. The molecule has 0 spiro atoms. The van der Waals surface area contributed by atoms with E-state index >= 15 is 0 Å². The Kier molecular flexibility index (Phi) is 5.58. The Bertz CT molecular complexity index is 876. The first kappa shape index (κ1) is 18.0. The molecule has 0 saturated heterocycles. The molecule has 0 unspecified atom stereocenters. The van der Waals surface area contributed by atoms with Crippen molar-refractivity contribution >= 4 is 17.1 Å². The second kappa shape index (κ2) is 8.05. The average Bonchev–Trinajstić information content (AvgIpc) is 3.09. The summed E-state index contributed by atoms with van der Waals surface area (Å²) in [5, 5.41) is 0. The van der Waals surface area contributed by atoms with Crippen molar-refractivity contribution in [3.05, 3.63) is 54.2 Å². The Balaban J connectivity index is 1.86. The lowest BCUT2D eigenvalue weighted by Crippen LogP contribution is -2.33. The highest BCUT2D eigenvalue weighted by molar-refractivity contribution is 5.96. The number of ether oxygens (including phenoxy) is 1. The maximum absolute atomic E-state index is 13.0. The number of fused-ring (bicyclic) bond motifs is 1. The first-order chi connectivity index (χ1) is 12.6. The van der Waals surface area contributed by atoms with Gasteiger partial charge in [-0.15, -0.1) is 0 Å². The first-order valence-electron chi connectivity index (χ1n) is 8.60. The van der Waals surface area contributed by atoms with Gasteiger partial charge in [-0.2, -0.15) is 0 Å². The Morgan fingerprint density at radius 3 is 2.85 bits per heavy atom. The highest BCUT2D eigenvalue weighted by Gasteiger charge is 2.18. The summed E-state index contributed by atoms with van der Waals surface area (Å²) in [6, 6.07) is 5.87. The van der Waals surface area contributed by atoms with E-state index in [-0.39, 0.29) is 11.9 Å². The van der Waals surface area contributed by atoms with Crippen molar-refractivity contribution in [2.75, 3.05) is 20.3 Å². The van der Waals surface area contributed by atoms with Crippen LogP contribution < -0.4 is 0 Å². The van der Waals surface area contributed by atoms with Crippen LogP contribution in [0.2, 0.25) is 0 Å². The second-order valence-corrected chi connectivity index (χ2v) is 6.39. The number of rotatable bonds is 7. The largest absolute Gasteiger partial charge is 0.383 e. The van der Waals surface area contributed by atoms with Crippen molar-refractivity contribution in [3.8, 4) is 0 Å². The van der Waals surface area contributed by atoms with Crippen LogP contribution in [0.25, 0.3) is 11.2 Å². The van der Waals surface area contributed by atoms with Gasteiger partial charge in [0.2, 0.25) is 0 Å². The molecule has 7 nitrogen and oxygen atoms in total. The van der Waals surface area contributed by atoms with Crippen molar-refractivity contribution in [2.45, 2.75) is 26.4 Å². The van der Waals surface area contributed by atoms with Gasteiger partial charge in [-0.3, -0.25) is 9.78 Å². The number of carbonyl (C=O) groups is 1. The van der Waals surface area contributed by atoms with E-state index in [4.69, 9.17) is 4.74 Å². The van der Waals surface area contributed by atoms with Crippen LogP contribution in [0.5, 0.6) is 0 Å². The molecule has 0 aliphatic heterocycles. The minimum absolute atomic E-state index is 0.0978. The molecule has 3 heterocycles. The summed E-state index contributed by atoms with van der Waals surface area (Å²) in [4.78, 5) is 27.7. The zero-order valence-electron chi connectivity index (χ0n) is 15.3. The number of imidazole rings is 1. The number of amides is 1. The molecule has 0 aliphatic rings. The highest BCUT2D eigenvalue weighted by Crippen LogP contribution is 2.18. The molecule has 3 aromatic rings. The van der Waals surface area contributed by atoms with Gasteiger partial charge in [0, 0.05) is 44.8 Å². The van der Waals surface area contributed by atoms with E-state index in [2.05, 4.69) is 28.8 Å². The highest BCUT2D eigenvalue weighted by atomic mass is 16.5. The fourth-order valence-electron chi connectivity index (χ4n) is 2.76. The van der Waals surface area contributed by atoms with Gasteiger partial charge in [-0.25, -0.2) is 9.97 Å². The molecule has 3 rings (SSSR count). The molecule has 0 N–H and O–H groups in total. The third-order valence-electron chi connectivity index (χ3n) is 4.17. The number of nitrogens with zero attached hydrogens (tertiary/aromatic N) is 5. The average molecular weight is 353 g/mol. The summed E-state index contributed by atoms with van der Waals surface area (Å²) in [6.07, 6.45) is 6.86. The number of carbonyl (C=O) groups excluding carboxylic acids is 1. The van der Waals surface area contributed by atoms with Gasteiger partial charge in [0.15, 0.2) is 5.65 Å². The van der Waals surface area contributed by atoms with Gasteiger partial charge in [-0.05, 0) is 31.5 Å². The summed E-state index contributed by atoms with van der Waals surface area (Å²) in [6.45, 7) is 5.56. The van der Waals surface area contributed by atoms with Crippen LogP contribution in [0, 0.1) is 0 Å². The molecule has 3 aromatic heterocycles. The SMILES string of the molecule is COCCN(Cc1cccnc1)C(=O)c1cnc2c(c1)ncn2C(C)C. The molecule has 0 aromatic carbocycles. The van der Waals surface area contributed by atoms with Crippen molar-refractivity contribution in [1.29, 1.82) is 0 Å². The minimum atomic E-state index is -0.0978. The summed E-state index contributed by atoms with van der Waals surface area (Å²) in [7, 11) is 1.62. The maximum Gasteiger partial charge on any atom is 0.255 e. The van der Waals surface area contributed by atoms with Crippen LogP contribution in [-0.4, -0.2) is 50.6 Å². The van der Waals surface area contributed by atoms with E-state index < -0.39 is 0 Å². The van der Waals surface area contributed by atoms with E-state index in [0.717, 1.165) is 16.7 Å². The van der Waals surface area contributed by atoms with E-state index in [1.807, 2.05) is 16.7 Å². The van der Waals surface area contributed by atoms with Crippen molar-refractivity contribution in [1.82, 2.24) is 24.4 Å². The predicted molar refractivity (Wildman–Crippen MR) is 98.8 cm³/mol. The Morgan fingerprint density at radius 1 is 1.31 bits per heavy atom. The van der Waals surface area contributed by atoms with E-state index in [1.54, 1.807) is 43.0 Å². The van der Waals surface area contributed by atoms with Gasteiger partial charge in [0.1, 0.15) is 5.52 Å². The molecule has 0 fully saturated rings. The van der Waals surface area contributed by atoms with Crippen LogP contribution in [0.4, 0.5) is 0 Å². The molecule has 0 aliphatic carbocycles. The third kappa shape index (κ3) is 3.88. The standard InChI is InChI=1S/C19H23N5O2/c1-14(2)24-13-22-17-9-16(11-21-18(17)24)19(25)23(7-8-26-3)12-15-5-4-6-20-10-15/h4-6,9-11,13-14H,7-8,12H2,1-3H3. The Labute approximate surface area is 152 Å². The van der Waals surface area contributed by atoms with Crippen LogP contribution in [0.1, 0.15) is 35.8 Å². The summed E-state index contributed by atoms with van der Waals surface area (Å²) in [5.74, 6) is -0.0978. The second-order valence-electron chi connectivity index (χ2n) is 6.39. The molecule has 0 radical (unpaired) electrons. The van der Waals surface area contributed by atoms with E-state index in [9.17, 15) is 4.79 Å². The molecule has 1 amide bonds. The van der Waals surface area contributed by atoms with Crippen LogP contribution in [-0.2, 0) is 11.3 Å². The van der Waals surface area contributed by atoms with Crippen molar-refractivity contribution in [3.63, 3.8) is 0 Å². The predicted octanol–water partition coefficient (Wildman–Crippen LogP) is 2.70.